The molecule has 1 heterocycles. The van der Waals surface area contributed by atoms with E-state index in [1.807, 2.05) is 24.3 Å². The summed E-state index contributed by atoms with van der Waals surface area (Å²) in [7, 11) is 4.74. The minimum atomic E-state index is -1.03. The van der Waals surface area contributed by atoms with Crippen LogP contribution in [0.4, 0.5) is 5.69 Å². The Labute approximate surface area is 222 Å². The van der Waals surface area contributed by atoms with Crippen LogP contribution in [0, 0.1) is 5.92 Å². The van der Waals surface area contributed by atoms with E-state index in [0.717, 1.165) is 16.7 Å². The third-order valence-electron chi connectivity index (χ3n) is 6.42. The highest BCUT2D eigenvalue weighted by Gasteiger charge is 2.39. The maximum atomic E-state index is 12.2. The van der Waals surface area contributed by atoms with E-state index in [9.17, 15) is 9.90 Å². The number of methoxy groups -OCH3 is 3. The van der Waals surface area contributed by atoms with E-state index < -0.39 is 5.97 Å². The second kappa shape index (κ2) is 10.2. The second-order valence-corrected chi connectivity index (χ2v) is 10.0. The molecule has 0 aliphatic carbocycles. The van der Waals surface area contributed by atoms with Crippen LogP contribution in [-0.4, -0.2) is 32.4 Å². The van der Waals surface area contributed by atoms with Crippen molar-refractivity contribution in [1.82, 2.24) is 0 Å². The molecule has 3 aromatic rings. The van der Waals surface area contributed by atoms with Crippen LogP contribution in [0.1, 0.15) is 45.9 Å². The molecule has 1 aliphatic rings. The van der Waals surface area contributed by atoms with Crippen LogP contribution >= 0.6 is 39.1 Å². The fraction of sp³-hybridized carbons (Fsp3) is 0.269. The first-order valence-corrected chi connectivity index (χ1v) is 12.3. The highest BCUT2D eigenvalue weighted by Crippen LogP contribution is 2.53. The number of halogens is 3. The Morgan fingerprint density at radius 2 is 1.57 bits per heavy atom. The normalized spacial score (nSPS) is 18.9. The van der Waals surface area contributed by atoms with Crippen molar-refractivity contribution in [3.05, 3.63) is 79.2 Å². The largest absolute Gasteiger partial charge is 0.496 e. The number of carbonyl (C=O) groups is 1. The van der Waals surface area contributed by atoms with Gasteiger partial charge in [0.1, 0.15) is 5.75 Å². The average Bonchev–Trinajstić information content (AvgIpc) is 2.84. The molecule has 0 saturated heterocycles. The molecular formula is C26H24BrCl2NO5. The van der Waals surface area contributed by atoms with Gasteiger partial charge in [0.25, 0.3) is 0 Å². The van der Waals surface area contributed by atoms with Crippen molar-refractivity contribution in [2.75, 3.05) is 26.6 Å². The number of hydrogen-bond donors (Lipinski definition) is 2. The van der Waals surface area contributed by atoms with Gasteiger partial charge in [0.15, 0.2) is 11.5 Å². The number of hydrogen-bond acceptors (Lipinski definition) is 5. The number of carboxylic acid groups (broad SMARTS) is 1. The zero-order valence-electron chi connectivity index (χ0n) is 19.5. The molecule has 2 N–H and O–H groups in total. The molecule has 4 rings (SSSR count). The second-order valence-electron chi connectivity index (χ2n) is 8.30. The van der Waals surface area contributed by atoms with Crippen LogP contribution in [-0.2, 0) is 0 Å². The molecule has 3 aromatic carbocycles. The lowest BCUT2D eigenvalue weighted by Crippen LogP contribution is -2.32. The van der Waals surface area contributed by atoms with Gasteiger partial charge in [-0.05, 0) is 47.4 Å². The summed E-state index contributed by atoms with van der Waals surface area (Å²) in [5.74, 6) is 0.359. The van der Waals surface area contributed by atoms with Gasteiger partial charge in [0, 0.05) is 22.0 Å². The van der Waals surface area contributed by atoms with E-state index in [0.29, 0.717) is 37.5 Å². The van der Waals surface area contributed by atoms with Crippen molar-refractivity contribution in [2.45, 2.75) is 18.9 Å². The van der Waals surface area contributed by atoms with Crippen molar-refractivity contribution in [2.24, 2.45) is 5.92 Å². The predicted molar refractivity (Wildman–Crippen MR) is 141 cm³/mol. The zero-order chi connectivity index (χ0) is 25.4. The van der Waals surface area contributed by atoms with Crippen molar-refractivity contribution >= 4 is 50.8 Å². The van der Waals surface area contributed by atoms with E-state index in [1.54, 1.807) is 39.5 Å². The summed E-state index contributed by atoms with van der Waals surface area (Å²) < 4.78 is 17.5. The summed E-state index contributed by atoms with van der Waals surface area (Å²) in [4.78, 5) is 12.2. The molecule has 3 unspecified atom stereocenters. The molecule has 3 atom stereocenters. The SMILES string of the molecule is COc1cc(OC)c(C2c3cc(Br)cc(C(=O)O)c3NC(c3ccc(Cl)c(Cl)c3)C2C)cc1OC. The number of anilines is 1. The molecule has 184 valence electrons. The molecule has 0 radical (unpaired) electrons. The highest BCUT2D eigenvalue weighted by atomic mass is 79.9. The minimum Gasteiger partial charge on any atom is -0.496 e. The Balaban J connectivity index is 2.01. The fourth-order valence-electron chi connectivity index (χ4n) is 4.80. The molecule has 0 bridgehead atoms. The molecule has 0 spiro atoms. The zero-order valence-corrected chi connectivity index (χ0v) is 22.6. The van der Waals surface area contributed by atoms with Crippen LogP contribution in [0.25, 0.3) is 0 Å². The smallest absolute Gasteiger partial charge is 0.337 e. The standard InChI is InChI=1S/C26H24BrCl2NO5/c1-12-23(15-10-21(34-3)22(35-4)11-20(15)33-2)16-8-14(27)9-17(26(31)32)25(16)30-24(12)13-5-6-18(28)19(29)7-13/h5-12,23-24,30H,1-4H3,(H,31,32). The van der Waals surface area contributed by atoms with E-state index in [2.05, 4.69) is 28.2 Å². The molecule has 0 aromatic heterocycles. The lowest BCUT2D eigenvalue weighted by atomic mass is 9.72. The number of fused-ring (bicyclic) bond motifs is 1. The monoisotopic (exact) mass is 579 g/mol. The van der Waals surface area contributed by atoms with E-state index in [4.69, 9.17) is 37.4 Å². The molecule has 9 heteroatoms. The Bertz CT molecular complexity index is 1300. The third-order valence-corrected chi connectivity index (χ3v) is 7.62. The van der Waals surface area contributed by atoms with E-state index >= 15 is 0 Å². The first-order valence-electron chi connectivity index (χ1n) is 10.8. The lowest BCUT2D eigenvalue weighted by molar-refractivity contribution is 0.0697. The first kappa shape index (κ1) is 25.5. The van der Waals surface area contributed by atoms with Gasteiger partial charge in [-0.2, -0.15) is 0 Å². The van der Waals surface area contributed by atoms with Crippen molar-refractivity contribution in [3.63, 3.8) is 0 Å². The summed E-state index contributed by atoms with van der Waals surface area (Å²) in [5, 5.41) is 14.4. The van der Waals surface area contributed by atoms with Gasteiger partial charge in [-0.1, -0.05) is 52.1 Å². The number of ether oxygens (including phenoxy) is 3. The van der Waals surface area contributed by atoms with Gasteiger partial charge < -0.3 is 24.6 Å². The van der Waals surface area contributed by atoms with Gasteiger partial charge in [-0.25, -0.2) is 4.79 Å². The van der Waals surface area contributed by atoms with Gasteiger partial charge in [-0.15, -0.1) is 0 Å². The van der Waals surface area contributed by atoms with Gasteiger partial charge in [-0.3, -0.25) is 0 Å². The van der Waals surface area contributed by atoms with Crippen molar-refractivity contribution in [3.8, 4) is 17.2 Å². The van der Waals surface area contributed by atoms with Crippen LogP contribution in [0.3, 0.4) is 0 Å². The maximum absolute atomic E-state index is 12.2. The molecule has 1 aliphatic heterocycles. The Morgan fingerprint density at radius 1 is 0.914 bits per heavy atom. The predicted octanol–water partition coefficient (Wildman–Crippen LogP) is 7.41. The third kappa shape index (κ3) is 4.65. The van der Waals surface area contributed by atoms with Crippen LogP contribution < -0.4 is 19.5 Å². The fourth-order valence-corrected chi connectivity index (χ4v) is 5.59. The number of carboxylic acids is 1. The van der Waals surface area contributed by atoms with E-state index in [-0.39, 0.29) is 23.4 Å². The maximum Gasteiger partial charge on any atom is 0.337 e. The summed E-state index contributed by atoms with van der Waals surface area (Å²) in [6.07, 6.45) is 0. The van der Waals surface area contributed by atoms with Crippen LogP contribution in [0.2, 0.25) is 10.0 Å². The van der Waals surface area contributed by atoms with Crippen LogP contribution in [0.5, 0.6) is 17.2 Å². The van der Waals surface area contributed by atoms with Gasteiger partial charge in [0.2, 0.25) is 0 Å². The molecule has 6 nitrogen and oxygen atoms in total. The minimum absolute atomic E-state index is 0.0531. The number of benzene rings is 3. The highest BCUT2D eigenvalue weighted by molar-refractivity contribution is 9.10. The average molecular weight is 581 g/mol. The molecule has 0 amide bonds. The summed E-state index contributed by atoms with van der Waals surface area (Å²) >= 11 is 16.0. The van der Waals surface area contributed by atoms with Crippen molar-refractivity contribution < 1.29 is 24.1 Å². The van der Waals surface area contributed by atoms with E-state index in [1.165, 1.54) is 0 Å². The number of rotatable bonds is 6. The molecule has 35 heavy (non-hydrogen) atoms. The molecule has 0 saturated carbocycles. The summed E-state index contributed by atoms with van der Waals surface area (Å²) in [5.41, 5.74) is 3.26. The quantitative estimate of drug-likeness (QED) is 0.316. The Hall–Kier alpha value is -2.61. The number of nitrogens with one attached hydrogen (secondary N) is 1. The Morgan fingerprint density at radius 3 is 2.17 bits per heavy atom. The van der Waals surface area contributed by atoms with Gasteiger partial charge in [0.05, 0.1) is 48.7 Å². The summed E-state index contributed by atoms with van der Waals surface area (Å²) in [6, 6.07) is 12.4. The van der Waals surface area contributed by atoms with Gasteiger partial charge >= 0.3 is 5.97 Å². The lowest BCUT2D eigenvalue weighted by Gasteiger charge is -2.41. The van der Waals surface area contributed by atoms with Crippen LogP contribution in [0.15, 0.2) is 46.9 Å². The number of aromatic carboxylic acids is 1. The first-order chi connectivity index (χ1) is 16.7. The molecule has 0 fully saturated rings. The van der Waals surface area contributed by atoms with Crippen molar-refractivity contribution in [1.29, 1.82) is 0 Å². The topological polar surface area (TPSA) is 77.0 Å². The summed E-state index contributed by atoms with van der Waals surface area (Å²) in [6.45, 7) is 2.10. The molecular weight excluding hydrogens is 557 g/mol. The Kier molecular flexibility index (Phi) is 7.40.